The van der Waals surface area contributed by atoms with E-state index in [-0.39, 0.29) is 0 Å². The zero-order chi connectivity index (χ0) is 12.4. The topological polar surface area (TPSA) is 52.8 Å². The molecule has 93 valence electrons. The lowest BCUT2D eigenvalue weighted by Crippen LogP contribution is -2.17. The van der Waals surface area contributed by atoms with Crippen molar-refractivity contribution >= 4 is 0 Å². The van der Waals surface area contributed by atoms with Gasteiger partial charge in [0.15, 0.2) is 5.82 Å². The number of aryl methyl sites for hydroxylation is 1. The van der Waals surface area contributed by atoms with Crippen molar-refractivity contribution in [3.63, 3.8) is 0 Å². The Labute approximate surface area is 106 Å². The van der Waals surface area contributed by atoms with Crippen LogP contribution in [0.25, 0.3) is 11.4 Å². The predicted molar refractivity (Wildman–Crippen MR) is 65.9 cm³/mol. The van der Waals surface area contributed by atoms with Gasteiger partial charge in [-0.1, -0.05) is 0 Å². The summed E-state index contributed by atoms with van der Waals surface area (Å²) in [6.07, 6.45) is 5.43. The molecule has 0 amide bonds. The summed E-state index contributed by atoms with van der Waals surface area (Å²) >= 11 is 0. The molecule has 5 heteroatoms. The second kappa shape index (κ2) is 4.86. The van der Waals surface area contributed by atoms with Crippen molar-refractivity contribution in [2.24, 2.45) is 7.05 Å². The molecule has 0 bridgehead atoms. The summed E-state index contributed by atoms with van der Waals surface area (Å²) in [5.74, 6) is 2.21. The highest BCUT2D eigenvalue weighted by Crippen LogP contribution is 2.26. The molecule has 0 N–H and O–H groups in total. The first kappa shape index (κ1) is 11.3. The second-order valence-electron chi connectivity index (χ2n) is 4.48. The van der Waals surface area contributed by atoms with Gasteiger partial charge in [-0.15, -0.1) is 0 Å². The highest BCUT2D eigenvalue weighted by Gasteiger charge is 2.21. The average Bonchev–Trinajstić information content (AvgIpc) is 2.83. The average molecular weight is 243 g/mol. The van der Waals surface area contributed by atoms with Gasteiger partial charge in [-0.25, -0.2) is 4.98 Å². The quantitative estimate of drug-likeness (QED) is 0.803. The second-order valence-corrected chi connectivity index (χ2v) is 4.48. The number of rotatable bonds is 2. The molecule has 1 radical (unpaired) electrons. The molecule has 2 aromatic heterocycles. The fourth-order valence-corrected chi connectivity index (χ4v) is 2.28. The lowest BCUT2D eigenvalue weighted by Gasteiger charge is -2.20. The number of nitrogens with zero attached hydrogens (tertiary/aromatic N) is 4. The third-order valence-corrected chi connectivity index (χ3v) is 3.24. The van der Waals surface area contributed by atoms with Gasteiger partial charge in [-0.2, -0.15) is 5.10 Å². The number of pyridine rings is 1. The van der Waals surface area contributed by atoms with Crippen LogP contribution in [0.4, 0.5) is 0 Å². The molecular weight excluding hydrogens is 228 g/mol. The van der Waals surface area contributed by atoms with Gasteiger partial charge < -0.3 is 4.74 Å². The summed E-state index contributed by atoms with van der Waals surface area (Å²) in [5.41, 5.74) is 0.909. The largest absolute Gasteiger partial charge is 0.381 e. The maximum atomic E-state index is 5.38. The zero-order valence-corrected chi connectivity index (χ0v) is 10.3. The standard InChI is InChI=1S/C13H15N4O/c1-17-13(10-4-7-18-8-5-10)15-12(16-17)11-3-2-6-14-9-11/h3,6,9-10H,4-5,7-8H2,1H3. The fraction of sp³-hybridized carbons (Fsp3) is 0.462. The minimum atomic E-state index is 0.450. The molecule has 1 aliphatic rings. The Morgan fingerprint density at radius 1 is 1.39 bits per heavy atom. The third-order valence-electron chi connectivity index (χ3n) is 3.24. The molecule has 0 atom stereocenters. The van der Waals surface area contributed by atoms with Gasteiger partial charge >= 0.3 is 0 Å². The van der Waals surface area contributed by atoms with Crippen LogP contribution >= 0.6 is 0 Å². The van der Waals surface area contributed by atoms with Crippen molar-refractivity contribution in [2.75, 3.05) is 13.2 Å². The maximum absolute atomic E-state index is 5.38. The van der Waals surface area contributed by atoms with Crippen molar-refractivity contribution in [3.8, 4) is 11.4 Å². The molecule has 1 fully saturated rings. The van der Waals surface area contributed by atoms with Gasteiger partial charge in [-0.3, -0.25) is 9.67 Å². The number of hydrogen-bond acceptors (Lipinski definition) is 4. The minimum absolute atomic E-state index is 0.450. The first-order chi connectivity index (χ1) is 8.84. The highest BCUT2D eigenvalue weighted by atomic mass is 16.5. The Hall–Kier alpha value is -1.75. The Balaban J connectivity index is 1.91. The van der Waals surface area contributed by atoms with Crippen LogP contribution in [0.15, 0.2) is 18.5 Å². The summed E-state index contributed by atoms with van der Waals surface area (Å²) in [7, 11) is 1.95. The van der Waals surface area contributed by atoms with Crippen molar-refractivity contribution < 1.29 is 4.74 Å². The van der Waals surface area contributed by atoms with E-state index < -0.39 is 0 Å². The molecule has 0 saturated carbocycles. The molecule has 3 rings (SSSR count). The van der Waals surface area contributed by atoms with E-state index in [1.807, 2.05) is 17.8 Å². The highest BCUT2D eigenvalue weighted by molar-refractivity contribution is 5.52. The molecule has 0 spiro atoms. The Bertz CT molecular complexity index is 517. The van der Waals surface area contributed by atoms with Gasteiger partial charge in [0.1, 0.15) is 5.82 Å². The van der Waals surface area contributed by atoms with Crippen molar-refractivity contribution in [2.45, 2.75) is 18.8 Å². The van der Waals surface area contributed by atoms with E-state index in [1.165, 1.54) is 0 Å². The smallest absolute Gasteiger partial charge is 0.182 e. The molecule has 5 nitrogen and oxygen atoms in total. The van der Waals surface area contributed by atoms with Crippen LogP contribution in [-0.4, -0.2) is 33.0 Å². The van der Waals surface area contributed by atoms with Crippen molar-refractivity contribution in [3.05, 3.63) is 30.4 Å². The molecule has 1 saturated heterocycles. The summed E-state index contributed by atoms with van der Waals surface area (Å²) in [4.78, 5) is 8.69. The van der Waals surface area contributed by atoms with Crippen LogP contribution in [-0.2, 0) is 11.8 Å². The molecule has 1 aliphatic heterocycles. The molecule has 2 aromatic rings. The number of ether oxygens (including phenoxy) is 1. The van der Waals surface area contributed by atoms with Crippen LogP contribution in [0, 0.1) is 6.07 Å². The minimum Gasteiger partial charge on any atom is -0.381 e. The van der Waals surface area contributed by atoms with Gasteiger partial charge in [-0.05, 0) is 18.9 Å². The van der Waals surface area contributed by atoms with Crippen LogP contribution in [0.2, 0.25) is 0 Å². The van der Waals surface area contributed by atoms with Gasteiger partial charge in [0, 0.05) is 50.2 Å². The molecule has 0 aromatic carbocycles. The van der Waals surface area contributed by atoms with Gasteiger partial charge in [0.05, 0.1) is 0 Å². The van der Waals surface area contributed by atoms with Crippen LogP contribution in [0.1, 0.15) is 24.6 Å². The number of aromatic nitrogens is 4. The van der Waals surface area contributed by atoms with E-state index >= 15 is 0 Å². The van der Waals surface area contributed by atoms with Gasteiger partial charge in [0.25, 0.3) is 0 Å². The third kappa shape index (κ3) is 2.13. The molecule has 0 unspecified atom stereocenters. The van der Waals surface area contributed by atoms with Crippen LogP contribution in [0.3, 0.4) is 0 Å². The summed E-state index contributed by atoms with van der Waals surface area (Å²) in [5, 5.41) is 4.46. The van der Waals surface area contributed by atoms with E-state index in [9.17, 15) is 0 Å². The monoisotopic (exact) mass is 243 g/mol. The lowest BCUT2D eigenvalue weighted by molar-refractivity contribution is 0.0828. The normalized spacial score (nSPS) is 16.9. The van der Waals surface area contributed by atoms with E-state index in [2.05, 4.69) is 21.1 Å². The van der Waals surface area contributed by atoms with E-state index in [0.29, 0.717) is 5.92 Å². The Morgan fingerprint density at radius 3 is 2.94 bits per heavy atom. The van der Waals surface area contributed by atoms with Crippen LogP contribution < -0.4 is 0 Å². The fourth-order valence-electron chi connectivity index (χ4n) is 2.28. The van der Waals surface area contributed by atoms with Crippen molar-refractivity contribution in [1.82, 2.24) is 19.7 Å². The Morgan fingerprint density at radius 2 is 2.22 bits per heavy atom. The Kier molecular flexibility index (Phi) is 3.06. The molecule has 0 aliphatic carbocycles. The van der Waals surface area contributed by atoms with Crippen molar-refractivity contribution in [1.29, 1.82) is 0 Å². The molecule has 3 heterocycles. The van der Waals surface area contributed by atoms with E-state index in [0.717, 1.165) is 43.3 Å². The molecule has 18 heavy (non-hydrogen) atoms. The summed E-state index contributed by atoms with van der Waals surface area (Å²) < 4.78 is 7.25. The van der Waals surface area contributed by atoms with Crippen LogP contribution in [0.5, 0.6) is 0 Å². The maximum Gasteiger partial charge on any atom is 0.182 e. The first-order valence-electron chi connectivity index (χ1n) is 6.15. The number of hydrogen-bond donors (Lipinski definition) is 0. The van der Waals surface area contributed by atoms with E-state index in [1.54, 1.807) is 12.4 Å². The molecular formula is C13H15N4O. The zero-order valence-electron chi connectivity index (χ0n) is 10.3. The summed E-state index contributed by atoms with van der Waals surface area (Å²) in [6, 6.07) is 4.80. The van der Waals surface area contributed by atoms with E-state index in [4.69, 9.17) is 4.74 Å². The van der Waals surface area contributed by atoms with Gasteiger partial charge in [0.2, 0.25) is 0 Å². The predicted octanol–water partition coefficient (Wildman–Crippen LogP) is 1.57. The summed E-state index contributed by atoms with van der Waals surface area (Å²) in [6.45, 7) is 1.63. The SMILES string of the molecule is Cn1nc(-c2c[c]cnc2)nc1C1CCOCC1. The lowest BCUT2D eigenvalue weighted by atomic mass is 9.99. The first-order valence-corrected chi connectivity index (χ1v) is 6.15.